The minimum absolute atomic E-state index is 0.00159. The number of nitrogens with zero attached hydrogens (tertiary/aromatic N) is 2. The van der Waals surface area contributed by atoms with Crippen molar-refractivity contribution < 1.29 is 19.1 Å². The van der Waals surface area contributed by atoms with E-state index in [1.54, 1.807) is 12.1 Å². The van der Waals surface area contributed by atoms with Crippen LogP contribution in [0.4, 0.5) is 4.79 Å². The van der Waals surface area contributed by atoms with E-state index in [1.807, 2.05) is 23.6 Å². The highest BCUT2D eigenvalue weighted by atomic mass is 35.5. The Morgan fingerprint density at radius 1 is 1.29 bits per heavy atom. The van der Waals surface area contributed by atoms with E-state index in [0.29, 0.717) is 54.2 Å². The van der Waals surface area contributed by atoms with Gasteiger partial charge in [-0.2, -0.15) is 0 Å². The van der Waals surface area contributed by atoms with Crippen molar-refractivity contribution in [2.24, 2.45) is 5.92 Å². The molecule has 2 saturated heterocycles. The van der Waals surface area contributed by atoms with Gasteiger partial charge in [-0.3, -0.25) is 4.79 Å². The third-order valence-electron chi connectivity index (χ3n) is 5.12. The number of likely N-dealkylation sites (tertiary alicyclic amines) is 1. The van der Waals surface area contributed by atoms with E-state index in [2.05, 4.69) is 5.32 Å². The monoisotopic (exact) mass is 409 g/mol. The van der Waals surface area contributed by atoms with Crippen LogP contribution in [0.25, 0.3) is 0 Å². The van der Waals surface area contributed by atoms with Gasteiger partial charge in [-0.1, -0.05) is 25.4 Å². The van der Waals surface area contributed by atoms with E-state index < -0.39 is 0 Å². The maximum absolute atomic E-state index is 13.0. The first-order chi connectivity index (χ1) is 13.4. The molecule has 0 aliphatic carbocycles. The SMILES string of the molecule is COc1cc(C(=O)N2CCC(N3CCNC3=O)CC2)cc(Cl)c1OCC(C)C. The van der Waals surface area contributed by atoms with E-state index in [4.69, 9.17) is 21.1 Å². The van der Waals surface area contributed by atoms with Crippen LogP contribution < -0.4 is 14.8 Å². The molecule has 2 aliphatic rings. The fourth-order valence-electron chi connectivity index (χ4n) is 3.63. The molecule has 3 rings (SSSR count). The van der Waals surface area contributed by atoms with Crippen molar-refractivity contribution in [1.29, 1.82) is 0 Å². The molecule has 28 heavy (non-hydrogen) atoms. The number of halogens is 1. The van der Waals surface area contributed by atoms with Crippen LogP contribution in [0, 0.1) is 5.92 Å². The smallest absolute Gasteiger partial charge is 0.317 e. The fourth-order valence-corrected chi connectivity index (χ4v) is 3.90. The third kappa shape index (κ3) is 4.46. The maximum atomic E-state index is 13.0. The summed E-state index contributed by atoms with van der Waals surface area (Å²) in [6.45, 7) is 7.27. The molecule has 154 valence electrons. The number of nitrogens with one attached hydrogen (secondary N) is 1. The minimum atomic E-state index is -0.0834. The van der Waals surface area contributed by atoms with Crippen molar-refractivity contribution in [2.75, 3.05) is 39.9 Å². The number of piperidine rings is 1. The normalized spacial score (nSPS) is 17.8. The lowest BCUT2D eigenvalue weighted by Gasteiger charge is -2.36. The summed E-state index contributed by atoms with van der Waals surface area (Å²) in [6, 6.07) is 3.51. The van der Waals surface area contributed by atoms with Gasteiger partial charge in [-0.15, -0.1) is 0 Å². The molecule has 2 aliphatic heterocycles. The summed E-state index contributed by atoms with van der Waals surface area (Å²) < 4.78 is 11.2. The Hall–Kier alpha value is -2.15. The van der Waals surface area contributed by atoms with Crippen LogP contribution in [0.15, 0.2) is 12.1 Å². The topological polar surface area (TPSA) is 71.1 Å². The molecule has 0 saturated carbocycles. The number of hydrogen-bond acceptors (Lipinski definition) is 4. The zero-order valence-electron chi connectivity index (χ0n) is 16.7. The molecule has 0 bridgehead atoms. The van der Waals surface area contributed by atoms with Crippen molar-refractivity contribution >= 4 is 23.5 Å². The number of benzene rings is 1. The lowest BCUT2D eigenvalue weighted by Crippen LogP contribution is -2.47. The number of methoxy groups -OCH3 is 1. The molecule has 2 fully saturated rings. The van der Waals surface area contributed by atoms with Crippen LogP contribution >= 0.6 is 11.6 Å². The molecule has 1 aromatic rings. The van der Waals surface area contributed by atoms with Gasteiger partial charge in [0, 0.05) is 37.8 Å². The summed E-state index contributed by atoms with van der Waals surface area (Å²) >= 11 is 6.38. The lowest BCUT2D eigenvalue weighted by molar-refractivity contribution is 0.0665. The van der Waals surface area contributed by atoms with Crippen LogP contribution in [0.2, 0.25) is 5.02 Å². The zero-order chi connectivity index (χ0) is 20.3. The first-order valence-corrected chi connectivity index (χ1v) is 10.1. The fraction of sp³-hybridized carbons (Fsp3) is 0.600. The Morgan fingerprint density at radius 3 is 2.57 bits per heavy atom. The summed E-state index contributed by atoms with van der Waals surface area (Å²) in [5, 5.41) is 3.20. The average Bonchev–Trinajstić information content (AvgIpc) is 3.11. The molecule has 8 heteroatoms. The predicted octanol–water partition coefficient (Wildman–Crippen LogP) is 3.01. The van der Waals surface area contributed by atoms with Crippen molar-refractivity contribution in [2.45, 2.75) is 32.7 Å². The van der Waals surface area contributed by atoms with Crippen LogP contribution in [-0.4, -0.2) is 67.7 Å². The molecule has 3 amide bonds. The Morgan fingerprint density at radius 2 is 2.00 bits per heavy atom. The van der Waals surface area contributed by atoms with Gasteiger partial charge in [-0.25, -0.2) is 4.79 Å². The Bertz CT molecular complexity index is 732. The van der Waals surface area contributed by atoms with Gasteiger partial charge in [0.1, 0.15) is 0 Å². The van der Waals surface area contributed by atoms with E-state index in [0.717, 1.165) is 19.4 Å². The van der Waals surface area contributed by atoms with Crippen molar-refractivity contribution in [3.63, 3.8) is 0 Å². The van der Waals surface area contributed by atoms with E-state index in [-0.39, 0.29) is 18.0 Å². The average molecular weight is 410 g/mol. The predicted molar refractivity (Wildman–Crippen MR) is 107 cm³/mol. The van der Waals surface area contributed by atoms with E-state index in [9.17, 15) is 9.59 Å². The second-order valence-corrected chi connectivity index (χ2v) is 8.05. The highest BCUT2D eigenvalue weighted by Gasteiger charge is 2.32. The molecular formula is C20H28ClN3O4. The van der Waals surface area contributed by atoms with Crippen LogP contribution in [0.3, 0.4) is 0 Å². The van der Waals surface area contributed by atoms with Crippen molar-refractivity contribution in [1.82, 2.24) is 15.1 Å². The standard InChI is InChI=1S/C20H28ClN3O4/c1-13(2)12-28-18-16(21)10-14(11-17(18)27-3)19(25)23-7-4-15(5-8-23)24-9-6-22-20(24)26/h10-11,13,15H,4-9,12H2,1-3H3,(H,22,26). The highest BCUT2D eigenvalue weighted by molar-refractivity contribution is 6.32. The molecule has 0 unspecified atom stereocenters. The quantitative estimate of drug-likeness (QED) is 0.784. The van der Waals surface area contributed by atoms with Gasteiger partial charge in [0.2, 0.25) is 0 Å². The molecule has 7 nitrogen and oxygen atoms in total. The Labute approximate surface area is 170 Å². The minimum Gasteiger partial charge on any atom is -0.493 e. The number of carbonyl (C=O) groups is 2. The van der Waals surface area contributed by atoms with Crippen molar-refractivity contribution in [3.8, 4) is 11.5 Å². The van der Waals surface area contributed by atoms with Gasteiger partial charge >= 0.3 is 6.03 Å². The number of hydrogen-bond donors (Lipinski definition) is 1. The number of ether oxygens (including phenoxy) is 2. The van der Waals surface area contributed by atoms with E-state index in [1.165, 1.54) is 7.11 Å². The molecule has 1 N–H and O–H groups in total. The zero-order valence-corrected chi connectivity index (χ0v) is 17.4. The Balaban J connectivity index is 1.67. The first kappa shape index (κ1) is 20.6. The molecular weight excluding hydrogens is 382 g/mol. The highest BCUT2D eigenvalue weighted by Crippen LogP contribution is 2.37. The van der Waals surface area contributed by atoms with E-state index >= 15 is 0 Å². The van der Waals surface area contributed by atoms with Gasteiger partial charge in [0.05, 0.1) is 18.7 Å². The number of urea groups is 1. The van der Waals surface area contributed by atoms with Crippen molar-refractivity contribution in [3.05, 3.63) is 22.7 Å². The third-order valence-corrected chi connectivity index (χ3v) is 5.40. The maximum Gasteiger partial charge on any atom is 0.317 e. The molecule has 0 spiro atoms. The largest absolute Gasteiger partial charge is 0.493 e. The van der Waals surface area contributed by atoms with Gasteiger partial charge in [-0.05, 0) is 30.9 Å². The first-order valence-electron chi connectivity index (χ1n) is 9.74. The summed E-state index contributed by atoms with van der Waals surface area (Å²) in [4.78, 5) is 28.5. The molecule has 0 radical (unpaired) electrons. The molecule has 0 aromatic heterocycles. The van der Waals surface area contributed by atoms with Crippen LogP contribution in [-0.2, 0) is 0 Å². The molecule has 1 aromatic carbocycles. The summed E-state index contributed by atoms with van der Waals surface area (Å²) in [5.74, 6) is 1.19. The summed E-state index contributed by atoms with van der Waals surface area (Å²) in [5.41, 5.74) is 0.483. The molecule has 0 atom stereocenters. The van der Waals surface area contributed by atoms with Crippen LogP contribution in [0.5, 0.6) is 11.5 Å². The summed E-state index contributed by atoms with van der Waals surface area (Å²) in [6.07, 6.45) is 1.55. The van der Waals surface area contributed by atoms with Gasteiger partial charge in [0.15, 0.2) is 11.5 Å². The number of rotatable bonds is 6. The summed E-state index contributed by atoms with van der Waals surface area (Å²) in [7, 11) is 1.54. The Kier molecular flexibility index (Phi) is 6.54. The number of carbonyl (C=O) groups excluding carboxylic acids is 2. The second-order valence-electron chi connectivity index (χ2n) is 7.64. The van der Waals surface area contributed by atoms with Gasteiger partial charge < -0.3 is 24.6 Å². The second kappa shape index (κ2) is 8.90. The molecule has 2 heterocycles. The number of amides is 3. The lowest BCUT2D eigenvalue weighted by atomic mass is 10.0. The van der Waals surface area contributed by atoms with Gasteiger partial charge in [0.25, 0.3) is 5.91 Å². The van der Waals surface area contributed by atoms with Crippen LogP contribution in [0.1, 0.15) is 37.0 Å².